The molecule has 0 aliphatic carbocycles. The van der Waals surface area contributed by atoms with E-state index in [-0.39, 0.29) is 29.4 Å². The van der Waals surface area contributed by atoms with E-state index in [4.69, 9.17) is 9.47 Å². The lowest BCUT2D eigenvalue weighted by Crippen LogP contribution is -2.48. The second-order valence-electron chi connectivity index (χ2n) is 7.21. The van der Waals surface area contributed by atoms with E-state index in [1.165, 1.54) is 24.3 Å². The maximum absolute atomic E-state index is 13.1. The van der Waals surface area contributed by atoms with Crippen LogP contribution in [0.4, 0.5) is 14.9 Å². The summed E-state index contributed by atoms with van der Waals surface area (Å²) < 4.78 is 24.5. The van der Waals surface area contributed by atoms with E-state index in [0.717, 1.165) is 12.8 Å². The lowest BCUT2D eigenvalue weighted by Gasteiger charge is -2.39. The molecule has 3 rings (SSSR count). The number of carbonyl (C=O) groups excluding carboxylic acids is 1. The second-order valence-corrected chi connectivity index (χ2v) is 7.21. The van der Waals surface area contributed by atoms with Gasteiger partial charge in [0.1, 0.15) is 17.3 Å². The van der Waals surface area contributed by atoms with E-state index in [2.05, 4.69) is 10.3 Å². The highest BCUT2D eigenvalue weighted by Crippen LogP contribution is 2.29. The van der Waals surface area contributed by atoms with Crippen LogP contribution in [-0.2, 0) is 4.74 Å². The molecule has 0 bridgehead atoms. The Bertz CT molecular complexity index is 795. The predicted octanol–water partition coefficient (Wildman–Crippen LogP) is 4.43. The first-order valence-corrected chi connectivity index (χ1v) is 8.90. The fourth-order valence-electron chi connectivity index (χ4n) is 3.08. The van der Waals surface area contributed by atoms with Crippen LogP contribution in [0.1, 0.15) is 26.7 Å². The van der Waals surface area contributed by atoms with Crippen LogP contribution in [0.2, 0.25) is 0 Å². The SMILES string of the molecule is CN(C(=O)Nc1cccnc1Oc1ccc(F)cc1)[C@@H]1CCOC(C)(C)C1. The third kappa shape index (κ3) is 4.95. The summed E-state index contributed by atoms with van der Waals surface area (Å²) in [6.45, 7) is 4.68. The Hall–Kier alpha value is -2.67. The van der Waals surface area contributed by atoms with Crippen molar-refractivity contribution in [2.24, 2.45) is 0 Å². The highest BCUT2D eigenvalue weighted by Gasteiger charge is 2.33. The van der Waals surface area contributed by atoms with Crippen molar-refractivity contribution in [3.8, 4) is 11.6 Å². The number of aromatic nitrogens is 1. The van der Waals surface area contributed by atoms with E-state index < -0.39 is 0 Å². The molecule has 6 nitrogen and oxygen atoms in total. The van der Waals surface area contributed by atoms with Gasteiger partial charge in [0.05, 0.1) is 5.60 Å². The fourth-order valence-corrected chi connectivity index (χ4v) is 3.08. The normalized spacial score (nSPS) is 18.6. The molecule has 27 heavy (non-hydrogen) atoms. The van der Waals surface area contributed by atoms with Gasteiger partial charge in [0.15, 0.2) is 0 Å². The van der Waals surface area contributed by atoms with Gasteiger partial charge in [0, 0.05) is 25.9 Å². The van der Waals surface area contributed by atoms with Crippen LogP contribution in [0.3, 0.4) is 0 Å². The molecule has 0 unspecified atom stereocenters. The van der Waals surface area contributed by atoms with Crippen molar-refractivity contribution in [2.75, 3.05) is 19.0 Å². The van der Waals surface area contributed by atoms with Crippen molar-refractivity contribution < 1.29 is 18.7 Å². The minimum Gasteiger partial charge on any atom is -0.437 e. The highest BCUT2D eigenvalue weighted by atomic mass is 19.1. The van der Waals surface area contributed by atoms with Crippen LogP contribution in [0, 0.1) is 5.82 Å². The number of amides is 2. The summed E-state index contributed by atoms with van der Waals surface area (Å²) in [4.78, 5) is 18.6. The fraction of sp³-hybridized carbons (Fsp3) is 0.400. The Morgan fingerprint density at radius 3 is 2.78 bits per heavy atom. The Kier molecular flexibility index (Phi) is 5.60. The lowest BCUT2D eigenvalue weighted by atomic mass is 9.93. The molecule has 2 amide bonds. The first-order chi connectivity index (χ1) is 12.8. The maximum atomic E-state index is 13.1. The Morgan fingerprint density at radius 2 is 2.07 bits per heavy atom. The van der Waals surface area contributed by atoms with Gasteiger partial charge in [-0.2, -0.15) is 0 Å². The number of ether oxygens (including phenoxy) is 2. The number of anilines is 1. The summed E-state index contributed by atoms with van der Waals surface area (Å²) in [7, 11) is 1.78. The second kappa shape index (κ2) is 7.92. The molecule has 1 aliphatic rings. The molecule has 2 heterocycles. The molecule has 1 saturated heterocycles. The molecule has 0 saturated carbocycles. The van der Waals surface area contributed by atoms with Crippen molar-refractivity contribution in [3.05, 3.63) is 48.4 Å². The molecule has 0 radical (unpaired) electrons. The van der Waals surface area contributed by atoms with E-state index in [0.29, 0.717) is 18.0 Å². The molecule has 1 aromatic heterocycles. The number of pyridine rings is 1. The average Bonchev–Trinajstić information content (AvgIpc) is 2.63. The van der Waals surface area contributed by atoms with Crippen molar-refractivity contribution in [2.45, 2.75) is 38.3 Å². The monoisotopic (exact) mass is 373 g/mol. The van der Waals surface area contributed by atoms with Crippen molar-refractivity contribution >= 4 is 11.7 Å². The van der Waals surface area contributed by atoms with Gasteiger partial charge >= 0.3 is 6.03 Å². The zero-order valence-corrected chi connectivity index (χ0v) is 15.7. The first kappa shape index (κ1) is 19.1. The maximum Gasteiger partial charge on any atom is 0.321 e. The average molecular weight is 373 g/mol. The molecular formula is C20H24FN3O3. The summed E-state index contributed by atoms with van der Waals surface area (Å²) in [5, 5.41) is 2.85. The molecule has 2 aromatic rings. The van der Waals surface area contributed by atoms with Crippen LogP contribution in [-0.4, -0.2) is 41.2 Å². The van der Waals surface area contributed by atoms with Crippen LogP contribution < -0.4 is 10.1 Å². The number of rotatable bonds is 4. The van der Waals surface area contributed by atoms with Gasteiger partial charge in [-0.15, -0.1) is 0 Å². The number of carbonyl (C=O) groups is 1. The van der Waals surface area contributed by atoms with Gasteiger partial charge in [-0.3, -0.25) is 0 Å². The number of nitrogens with one attached hydrogen (secondary N) is 1. The highest BCUT2D eigenvalue weighted by molar-refractivity contribution is 5.90. The standard InChI is InChI=1S/C20H24FN3O3/c1-20(2)13-15(10-12-26-20)24(3)19(25)23-17-5-4-11-22-18(17)27-16-8-6-14(21)7-9-16/h4-9,11,15H,10,12-13H2,1-3H3,(H,23,25)/t15-/m1/s1. The van der Waals surface area contributed by atoms with E-state index in [9.17, 15) is 9.18 Å². The molecule has 1 N–H and O–H groups in total. The largest absolute Gasteiger partial charge is 0.437 e. The van der Waals surface area contributed by atoms with E-state index in [1.54, 1.807) is 30.3 Å². The number of nitrogens with zero attached hydrogens (tertiary/aromatic N) is 2. The number of benzene rings is 1. The van der Waals surface area contributed by atoms with Crippen molar-refractivity contribution in [1.82, 2.24) is 9.88 Å². The van der Waals surface area contributed by atoms with Gasteiger partial charge in [-0.1, -0.05) is 0 Å². The Labute approximate surface area is 158 Å². The summed E-state index contributed by atoms with van der Waals surface area (Å²) in [5.41, 5.74) is 0.202. The topological polar surface area (TPSA) is 63.7 Å². The lowest BCUT2D eigenvalue weighted by molar-refractivity contribution is -0.0739. The quantitative estimate of drug-likeness (QED) is 0.861. The predicted molar refractivity (Wildman–Crippen MR) is 101 cm³/mol. The molecule has 1 aliphatic heterocycles. The Morgan fingerprint density at radius 1 is 1.33 bits per heavy atom. The third-order valence-electron chi connectivity index (χ3n) is 4.58. The summed E-state index contributed by atoms with van der Waals surface area (Å²) in [5.74, 6) is 0.334. The molecule has 7 heteroatoms. The van der Waals surface area contributed by atoms with Gasteiger partial charge in [0.25, 0.3) is 0 Å². The third-order valence-corrected chi connectivity index (χ3v) is 4.58. The summed E-state index contributed by atoms with van der Waals surface area (Å²) >= 11 is 0. The van der Waals surface area contributed by atoms with Crippen LogP contribution >= 0.6 is 0 Å². The smallest absolute Gasteiger partial charge is 0.321 e. The van der Waals surface area contributed by atoms with Crippen LogP contribution in [0.15, 0.2) is 42.6 Å². The molecule has 144 valence electrons. The van der Waals surface area contributed by atoms with Crippen molar-refractivity contribution in [1.29, 1.82) is 0 Å². The zero-order valence-electron chi connectivity index (χ0n) is 15.7. The summed E-state index contributed by atoms with van der Waals surface area (Å²) in [6.07, 6.45) is 3.13. The van der Waals surface area contributed by atoms with E-state index in [1.807, 2.05) is 13.8 Å². The van der Waals surface area contributed by atoms with Gasteiger partial charge in [-0.25, -0.2) is 14.2 Å². The van der Waals surface area contributed by atoms with Crippen LogP contribution in [0.25, 0.3) is 0 Å². The van der Waals surface area contributed by atoms with Gasteiger partial charge < -0.3 is 19.7 Å². The number of hydrogen-bond donors (Lipinski definition) is 1. The zero-order chi connectivity index (χ0) is 19.4. The number of urea groups is 1. The number of halogens is 1. The molecular weight excluding hydrogens is 349 g/mol. The molecule has 1 aromatic carbocycles. The molecule has 1 atom stereocenters. The minimum absolute atomic E-state index is 0.0897. The van der Waals surface area contributed by atoms with Crippen molar-refractivity contribution in [3.63, 3.8) is 0 Å². The first-order valence-electron chi connectivity index (χ1n) is 8.90. The van der Waals surface area contributed by atoms with Gasteiger partial charge in [-0.05, 0) is 63.1 Å². The van der Waals surface area contributed by atoms with Crippen LogP contribution in [0.5, 0.6) is 11.6 Å². The summed E-state index contributed by atoms with van der Waals surface area (Å²) in [6, 6.07) is 8.89. The minimum atomic E-state index is -0.349. The Balaban J connectivity index is 1.69. The number of hydrogen-bond acceptors (Lipinski definition) is 4. The van der Waals surface area contributed by atoms with E-state index >= 15 is 0 Å². The molecule has 1 fully saturated rings. The van der Waals surface area contributed by atoms with Gasteiger partial charge in [0.2, 0.25) is 5.88 Å². The molecule has 0 spiro atoms.